The van der Waals surface area contributed by atoms with E-state index in [2.05, 4.69) is 0 Å². The smallest absolute Gasteiger partial charge is 0.229 e. The second-order valence-corrected chi connectivity index (χ2v) is 9.39. The van der Waals surface area contributed by atoms with Gasteiger partial charge >= 0.3 is 0 Å². The van der Waals surface area contributed by atoms with Crippen molar-refractivity contribution in [1.82, 2.24) is 0 Å². The lowest BCUT2D eigenvalue weighted by Crippen LogP contribution is -2.54. The Kier molecular flexibility index (Phi) is 7.85. The number of aromatic hydroxyl groups is 1. The summed E-state index contributed by atoms with van der Waals surface area (Å²) in [6.45, 7) is -0.546. The van der Waals surface area contributed by atoms with Crippen molar-refractivity contribution in [2.75, 3.05) is 20.3 Å². The van der Waals surface area contributed by atoms with Crippen molar-refractivity contribution in [2.45, 2.75) is 49.2 Å². The number of phenols is 1. The number of benzene rings is 2. The molecular formula is C26H28O14. The van der Waals surface area contributed by atoms with Crippen LogP contribution in [0, 0.1) is 0 Å². The molecule has 14 nitrogen and oxygen atoms in total. The maximum atomic E-state index is 12.9. The van der Waals surface area contributed by atoms with E-state index in [-0.39, 0.29) is 47.2 Å². The fourth-order valence-electron chi connectivity index (χ4n) is 4.40. The van der Waals surface area contributed by atoms with Crippen molar-refractivity contribution >= 4 is 11.0 Å². The van der Waals surface area contributed by atoms with Gasteiger partial charge in [-0.05, 0) is 18.2 Å². The maximum Gasteiger partial charge on any atom is 0.229 e. The lowest BCUT2D eigenvalue weighted by atomic mass is 10.1. The van der Waals surface area contributed by atoms with E-state index in [1.165, 1.54) is 31.4 Å². The van der Waals surface area contributed by atoms with Crippen molar-refractivity contribution in [2.24, 2.45) is 0 Å². The Morgan fingerprint density at radius 3 is 2.02 bits per heavy atom. The van der Waals surface area contributed by atoms with Gasteiger partial charge in [0.25, 0.3) is 0 Å². The summed E-state index contributed by atoms with van der Waals surface area (Å²) in [4.78, 5) is 12.9. The largest absolute Gasteiger partial charge is 0.507 e. The molecule has 40 heavy (non-hydrogen) atoms. The molecule has 14 heteroatoms. The highest BCUT2D eigenvalue weighted by molar-refractivity contribution is 5.86. The summed E-state index contributed by atoms with van der Waals surface area (Å²) >= 11 is 0. The highest BCUT2D eigenvalue weighted by Gasteiger charge is 2.40. The number of ether oxygens (including phenoxy) is 5. The molecule has 0 unspecified atom stereocenters. The Labute approximate surface area is 225 Å². The average Bonchev–Trinajstić information content (AvgIpc) is 2.93. The lowest BCUT2D eigenvalue weighted by molar-refractivity contribution is -0.242. The first kappa shape index (κ1) is 28.1. The van der Waals surface area contributed by atoms with Crippen LogP contribution in [0.5, 0.6) is 23.0 Å². The summed E-state index contributed by atoms with van der Waals surface area (Å²) in [5, 5.41) is 69.7. The molecule has 2 aliphatic heterocycles. The summed E-state index contributed by atoms with van der Waals surface area (Å²) in [6.07, 6.45) is -11.3. The van der Waals surface area contributed by atoms with E-state index in [0.29, 0.717) is 5.56 Å². The molecule has 3 aromatic rings. The molecule has 0 amide bonds. The zero-order valence-electron chi connectivity index (χ0n) is 21.0. The number of rotatable bonds is 6. The highest BCUT2D eigenvalue weighted by Crippen LogP contribution is 2.36. The molecule has 7 N–H and O–H groups in total. The summed E-state index contributed by atoms with van der Waals surface area (Å²) in [5.41, 5.74) is -0.259. The average molecular weight is 564 g/mol. The summed E-state index contributed by atoms with van der Waals surface area (Å²) in [6, 6.07) is 8.06. The molecule has 0 aliphatic carbocycles. The molecule has 0 spiro atoms. The highest BCUT2D eigenvalue weighted by atomic mass is 16.7. The molecule has 0 bridgehead atoms. The van der Waals surface area contributed by atoms with Gasteiger partial charge in [0.2, 0.25) is 12.6 Å². The molecule has 0 saturated carbocycles. The fraction of sp³-hybridized carbons (Fsp3) is 0.423. The van der Waals surface area contributed by atoms with Crippen molar-refractivity contribution < 1.29 is 63.8 Å². The second kappa shape index (κ2) is 11.2. The van der Waals surface area contributed by atoms with Crippen LogP contribution in [0.15, 0.2) is 45.6 Å². The van der Waals surface area contributed by atoms with Crippen molar-refractivity contribution in [3.63, 3.8) is 0 Å². The van der Waals surface area contributed by atoms with E-state index in [1.54, 1.807) is 0 Å². The van der Waals surface area contributed by atoms with Gasteiger partial charge < -0.3 is 63.8 Å². The van der Waals surface area contributed by atoms with Gasteiger partial charge in [-0.2, -0.15) is 0 Å². The van der Waals surface area contributed by atoms with Gasteiger partial charge in [-0.1, -0.05) is 0 Å². The van der Waals surface area contributed by atoms with Crippen LogP contribution in [-0.4, -0.2) is 105 Å². The first-order chi connectivity index (χ1) is 19.1. The molecule has 2 aliphatic rings. The van der Waals surface area contributed by atoms with Crippen LogP contribution >= 0.6 is 0 Å². The fourth-order valence-corrected chi connectivity index (χ4v) is 4.40. The Hall–Kier alpha value is -3.47. The number of methoxy groups -OCH3 is 1. The topological polar surface area (TPSA) is 218 Å². The van der Waals surface area contributed by atoms with Crippen molar-refractivity contribution in [1.29, 1.82) is 0 Å². The molecule has 2 aromatic carbocycles. The third kappa shape index (κ3) is 5.31. The Bertz CT molecular complexity index is 1420. The summed E-state index contributed by atoms with van der Waals surface area (Å²) in [7, 11) is 1.36. The molecule has 216 valence electrons. The molecule has 2 fully saturated rings. The van der Waals surface area contributed by atoms with Gasteiger partial charge in [0.1, 0.15) is 64.9 Å². The van der Waals surface area contributed by atoms with Gasteiger partial charge in [-0.15, -0.1) is 0 Å². The minimum atomic E-state index is -1.58. The molecule has 8 atom stereocenters. The Balaban J connectivity index is 1.43. The van der Waals surface area contributed by atoms with E-state index < -0.39 is 60.4 Å². The van der Waals surface area contributed by atoms with Gasteiger partial charge in [0, 0.05) is 23.8 Å². The van der Waals surface area contributed by atoms with E-state index in [9.17, 15) is 40.5 Å². The van der Waals surface area contributed by atoms with Crippen LogP contribution in [0.1, 0.15) is 0 Å². The third-order valence-corrected chi connectivity index (χ3v) is 6.64. The zero-order valence-corrected chi connectivity index (χ0v) is 21.0. The van der Waals surface area contributed by atoms with E-state index in [0.717, 1.165) is 12.1 Å². The van der Waals surface area contributed by atoms with Crippen LogP contribution in [-0.2, 0) is 9.47 Å². The van der Waals surface area contributed by atoms with Crippen LogP contribution in [0.25, 0.3) is 22.3 Å². The molecule has 3 heterocycles. The Morgan fingerprint density at radius 2 is 1.40 bits per heavy atom. The minimum Gasteiger partial charge on any atom is -0.507 e. The number of phenolic OH excluding ortho intramolecular Hbond substituents is 1. The third-order valence-electron chi connectivity index (χ3n) is 6.64. The van der Waals surface area contributed by atoms with Crippen molar-refractivity contribution in [3.8, 4) is 34.3 Å². The summed E-state index contributed by atoms with van der Waals surface area (Å²) in [5.74, 6) is -0.121. The number of hydrogen-bond donors (Lipinski definition) is 7. The predicted molar refractivity (Wildman–Crippen MR) is 133 cm³/mol. The predicted octanol–water partition coefficient (Wildman–Crippen LogP) is -1.19. The van der Waals surface area contributed by atoms with Gasteiger partial charge in [-0.25, -0.2) is 0 Å². The monoisotopic (exact) mass is 564 g/mol. The van der Waals surface area contributed by atoms with E-state index in [4.69, 9.17) is 28.1 Å². The normalized spacial score (nSPS) is 30.7. The quantitative estimate of drug-likeness (QED) is 0.187. The molecular weight excluding hydrogens is 536 g/mol. The lowest BCUT2D eigenvalue weighted by Gasteiger charge is -2.35. The second-order valence-electron chi connectivity index (χ2n) is 9.39. The van der Waals surface area contributed by atoms with Crippen LogP contribution in [0.2, 0.25) is 0 Å². The number of hydrogen-bond acceptors (Lipinski definition) is 14. The molecule has 1 aromatic heterocycles. The first-order valence-corrected chi connectivity index (χ1v) is 12.2. The molecule has 0 radical (unpaired) electrons. The maximum absolute atomic E-state index is 12.9. The number of fused-ring (bicyclic) bond motifs is 1. The molecule has 5 rings (SSSR count). The van der Waals surface area contributed by atoms with Gasteiger partial charge in [-0.3, -0.25) is 4.79 Å². The number of aliphatic hydroxyl groups excluding tert-OH is 6. The van der Waals surface area contributed by atoms with Gasteiger partial charge in [0.15, 0.2) is 16.9 Å². The molecule has 2 saturated heterocycles. The minimum absolute atomic E-state index is 0.0439. The summed E-state index contributed by atoms with van der Waals surface area (Å²) < 4.78 is 32.9. The first-order valence-electron chi connectivity index (χ1n) is 12.2. The zero-order chi connectivity index (χ0) is 28.7. The van der Waals surface area contributed by atoms with Crippen LogP contribution < -0.4 is 19.6 Å². The SMILES string of the molecule is COc1cc(-c2cc(=O)c3c(O)cc(O[C@H]4OC[C@H](O)[C@H](O)[C@@H]4O)cc3o2)ccc1O[C@H]1OC[C@@H](O)[C@H](O)[C@H]1O. The standard InChI is InChI=1S/C26H28O14/c1-35-18-4-10(2-3-16(18)40-26-24(34)22(32)15(30)9-37-26)17-7-13(28)20-12(27)5-11(6-19(20)39-17)38-25-23(33)21(31)14(29)8-36-25/h2-7,14-15,21-27,29-34H,8-9H2,1H3/t14-,15+,21-,22-,23-,24+,25+,26+/m0/s1. The Morgan fingerprint density at radius 1 is 0.775 bits per heavy atom. The van der Waals surface area contributed by atoms with Gasteiger partial charge in [0.05, 0.1) is 20.3 Å². The van der Waals surface area contributed by atoms with E-state index in [1.807, 2.05) is 0 Å². The van der Waals surface area contributed by atoms with Crippen LogP contribution in [0.4, 0.5) is 0 Å². The van der Waals surface area contributed by atoms with Crippen LogP contribution in [0.3, 0.4) is 0 Å². The van der Waals surface area contributed by atoms with E-state index >= 15 is 0 Å². The number of aliphatic hydroxyl groups is 6. The van der Waals surface area contributed by atoms with Crippen molar-refractivity contribution in [3.05, 3.63) is 46.6 Å².